The van der Waals surface area contributed by atoms with Gasteiger partial charge in [-0.1, -0.05) is 54.1 Å². The minimum atomic E-state index is -1.58. The van der Waals surface area contributed by atoms with Crippen LogP contribution in [0.4, 0.5) is 0 Å². The topological polar surface area (TPSA) is 77.4 Å². The van der Waals surface area contributed by atoms with Gasteiger partial charge < -0.3 is 29.2 Å². The van der Waals surface area contributed by atoms with E-state index in [1.807, 2.05) is 48.5 Å². The van der Waals surface area contributed by atoms with Gasteiger partial charge in [0.25, 0.3) is 0 Å². The summed E-state index contributed by atoms with van der Waals surface area (Å²) in [7, 11) is 1.43. The maximum absolute atomic E-state index is 11.6. The molecule has 0 radical (unpaired) electrons. The summed E-state index contributed by atoms with van der Waals surface area (Å²) in [6.07, 6.45) is -3.47. The zero-order valence-electron chi connectivity index (χ0n) is 16.1. The van der Waals surface area contributed by atoms with Crippen molar-refractivity contribution in [2.24, 2.45) is 0 Å². The van der Waals surface area contributed by atoms with E-state index in [1.165, 1.54) is 7.11 Å². The highest BCUT2D eigenvalue weighted by Gasteiger charge is 2.58. The van der Waals surface area contributed by atoms with E-state index >= 15 is 0 Å². The summed E-state index contributed by atoms with van der Waals surface area (Å²) < 4.78 is 23.0. The van der Waals surface area contributed by atoms with E-state index < -0.39 is 36.5 Å². The van der Waals surface area contributed by atoms with Crippen molar-refractivity contribution in [1.29, 1.82) is 0 Å². The van der Waals surface area contributed by atoms with E-state index in [1.54, 1.807) is 6.07 Å². The predicted octanol–water partition coefficient (Wildman–Crippen LogP) is 2.85. The molecule has 6 nitrogen and oxygen atoms in total. The molecule has 2 aromatic carbocycles. The Hall–Kier alpha value is -1.51. The molecule has 7 heteroatoms. The van der Waals surface area contributed by atoms with Crippen molar-refractivity contribution in [3.63, 3.8) is 0 Å². The van der Waals surface area contributed by atoms with E-state index in [-0.39, 0.29) is 13.0 Å². The number of methoxy groups -OCH3 is 1. The number of hydrogen-bond donors (Lipinski definition) is 2. The van der Waals surface area contributed by atoms with Gasteiger partial charge >= 0.3 is 0 Å². The molecule has 2 aliphatic rings. The van der Waals surface area contributed by atoms with Crippen molar-refractivity contribution >= 4 is 11.6 Å². The van der Waals surface area contributed by atoms with Crippen LogP contribution in [0.2, 0.25) is 5.02 Å². The van der Waals surface area contributed by atoms with Crippen LogP contribution in [-0.2, 0) is 25.4 Å². The largest absolute Gasteiger partial charge is 0.385 e. The fourth-order valence-corrected chi connectivity index (χ4v) is 4.24. The normalized spacial score (nSPS) is 34.6. The van der Waals surface area contributed by atoms with Crippen LogP contribution < -0.4 is 0 Å². The molecule has 2 aliphatic heterocycles. The third kappa shape index (κ3) is 4.20. The van der Waals surface area contributed by atoms with Crippen molar-refractivity contribution < 1.29 is 29.2 Å². The summed E-state index contributed by atoms with van der Waals surface area (Å²) >= 11 is 6.08. The van der Waals surface area contributed by atoms with Crippen LogP contribution in [0.1, 0.15) is 23.8 Å². The van der Waals surface area contributed by atoms with Crippen LogP contribution in [0.5, 0.6) is 0 Å². The highest BCUT2D eigenvalue weighted by molar-refractivity contribution is 6.30. The van der Waals surface area contributed by atoms with Crippen molar-refractivity contribution in [1.82, 2.24) is 0 Å². The van der Waals surface area contributed by atoms with Crippen molar-refractivity contribution in [2.75, 3.05) is 13.7 Å². The summed E-state index contributed by atoms with van der Waals surface area (Å²) in [6.45, 7) is 0.219. The monoisotopic (exact) mass is 420 g/mol. The Labute approximate surface area is 174 Å². The lowest BCUT2D eigenvalue weighted by molar-refractivity contribution is -0.384. The summed E-state index contributed by atoms with van der Waals surface area (Å²) in [5, 5.41) is 23.1. The van der Waals surface area contributed by atoms with Gasteiger partial charge in [0, 0.05) is 17.7 Å². The molecule has 2 heterocycles. The molecule has 6 atom stereocenters. The first-order valence-electron chi connectivity index (χ1n) is 9.66. The maximum Gasteiger partial charge on any atom is 0.186 e. The van der Waals surface area contributed by atoms with Gasteiger partial charge in [-0.05, 0) is 30.5 Å². The molecule has 29 heavy (non-hydrogen) atoms. The highest BCUT2D eigenvalue weighted by Crippen LogP contribution is 2.41. The molecule has 0 aromatic heterocycles. The molecule has 0 saturated carbocycles. The lowest BCUT2D eigenvalue weighted by Crippen LogP contribution is -2.69. The van der Waals surface area contributed by atoms with Crippen molar-refractivity contribution in [3.05, 3.63) is 70.7 Å². The number of rotatable bonds is 5. The van der Waals surface area contributed by atoms with Gasteiger partial charge in [-0.3, -0.25) is 0 Å². The fourth-order valence-electron chi connectivity index (χ4n) is 4.03. The number of aryl methyl sites for hydroxylation is 1. The van der Waals surface area contributed by atoms with Crippen molar-refractivity contribution in [2.45, 2.75) is 49.3 Å². The van der Waals surface area contributed by atoms with Crippen molar-refractivity contribution in [3.8, 4) is 0 Å². The number of benzene rings is 2. The van der Waals surface area contributed by atoms with Crippen LogP contribution in [0.25, 0.3) is 0 Å². The number of aliphatic hydroxyl groups is 2. The zero-order valence-corrected chi connectivity index (χ0v) is 16.9. The number of hydrogen-bond acceptors (Lipinski definition) is 6. The lowest BCUT2D eigenvalue weighted by atomic mass is 9.79. The second-order valence-corrected chi connectivity index (χ2v) is 7.91. The average molecular weight is 421 g/mol. The van der Waals surface area contributed by atoms with Gasteiger partial charge in [0.05, 0.1) is 6.61 Å². The second kappa shape index (κ2) is 8.70. The van der Waals surface area contributed by atoms with Crippen LogP contribution in [0.15, 0.2) is 54.6 Å². The Balaban J connectivity index is 1.58. The molecular weight excluding hydrogens is 396 g/mol. The maximum atomic E-state index is 11.6. The smallest absolute Gasteiger partial charge is 0.186 e. The molecule has 0 spiro atoms. The van der Waals surface area contributed by atoms with Crippen LogP contribution in [0.3, 0.4) is 0 Å². The van der Waals surface area contributed by atoms with E-state index in [0.29, 0.717) is 11.4 Å². The van der Waals surface area contributed by atoms with E-state index in [9.17, 15) is 10.2 Å². The van der Waals surface area contributed by atoms with E-state index in [2.05, 4.69) is 0 Å². The molecule has 0 aliphatic carbocycles. The first-order chi connectivity index (χ1) is 14.0. The predicted molar refractivity (Wildman–Crippen MR) is 106 cm³/mol. The number of halogens is 1. The van der Waals surface area contributed by atoms with Crippen LogP contribution in [0, 0.1) is 0 Å². The summed E-state index contributed by atoms with van der Waals surface area (Å²) in [5.41, 5.74) is 0.219. The van der Waals surface area contributed by atoms with Gasteiger partial charge in [0.1, 0.15) is 23.9 Å². The molecule has 156 valence electrons. The molecule has 0 amide bonds. The van der Waals surface area contributed by atoms with Gasteiger partial charge in [0.15, 0.2) is 12.6 Å². The first kappa shape index (κ1) is 20.8. The molecule has 2 N–H and O–H groups in total. The minimum absolute atomic E-state index is 0.219. The molecule has 4 rings (SSSR count). The summed E-state index contributed by atoms with van der Waals surface area (Å²) in [4.78, 5) is 0. The van der Waals surface area contributed by atoms with Crippen LogP contribution in [-0.4, -0.2) is 54.1 Å². The Morgan fingerprint density at radius 2 is 1.93 bits per heavy atom. The third-order valence-corrected chi connectivity index (χ3v) is 5.83. The quantitative estimate of drug-likeness (QED) is 0.774. The van der Waals surface area contributed by atoms with Gasteiger partial charge in [0.2, 0.25) is 0 Å². The minimum Gasteiger partial charge on any atom is -0.385 e. The van der Waals surface area contributed by atoms with E-state index in [0.717, 1.165) is 11.1 Å². The van der Waals surface area contributed by atoms with Gasteiger partial charge in [-0.25, -0.2) is 0 Å². The molecule has 2 aromatic rings. The Bertz CT molecular complexity index is 818. The third-order valence-electron chi connectivity index (χ3n) is 5.60. The Morgan fingerprint density at radius 1 is 1.14 bits per heavy atom. The second-order valence-electron chi connectivity index (χ2n) is 7.48. The Kier molecular flexibility index (Phi) is 6.22. The summed E-state index contributed by atoms with van der Waals surface area (Å²) in [6, 6.07) is 16.9. The number of aliphatic hydroxyl groups excluding tert-OH is 1. The molecule has 2 fully saturated rings. The standard InChI is InChI=1S/C22H25ClO6/c1-26-21-18(24)22(25,11-10-14-6-5-9-16(23)12-14)19-17(28-21)13-27-20(29-19)15-7-3-2-4-8-15/h2-9,12,17-21,24-25H,10-11,13H2,1H3/t17?,18?,19-,20?,21+,22?/m1/s1. The molecule has 0 bridgehead atoms. The van der Waals surface area contributed by atoms with Gasteiger partial charge in [-0.2, -0.15) is 0 Å². The van der Waals surface area contributed by atoms with E-state index in [4.69, 9.17) is 30.5 Å². The van der Waals surface area contributed by atoms with Gasteiger partial charge in [-0.15, -0.1) is 0 Å². The van der Waals surface area contributed by atoms with Crippen LogP contribution >= 0.6 is 11.6 Å². The zero-order chi connectivity index (χ0) is 20.4. The highest BCUT2D eigenvalue weighted by atomic mass is 35.5. The fraction of sp³-hybridized carbons (Fsp3) is 0.455. The summed E-state index contributed by atoms with van der Waals surface area (Å²) in [5.74, 6) is 0. The Morgan fingerprint density at radius 3 is 2.66 bits per heavy atom. The first-order valence-corrected chi connectivity index (χ1v) is 10.0. The number of ether oxygens (including phenoxy) is 4. The number of fused-ring (bicyclic) bond motifs is 1. The SMILES string of the molecule is CO[C@H]1OC2COC(c3ccccc3)O[C@H]2C(O)(CCc2cccc(Cl)c2)C1O. The lowest BCUT2D eigenvalue weighted by Gasteiger charge is -2.52. The average Bonchev–Trinajstić information content (AvgIpc) is 2.75. The molecular formula is C22H25ClO6. The molecule has 4 unspecified atom stereocenters. The molecule has 2 saturated heterocycles.